The molecule has 0 aliphatic heterocycles. The van der Waals surface area contributed by atoms with Gasteiger partial charge in [0, 0.05) is 47.0 Å². The topological polar surface area (TPSA) is 67.1 Å². The molecule has 0 unspecified atom stereocenters. The van der Waals surface area contributed by atoms with Crippen LogP contribution >= 0.6 is 0 Å². The largest absolute Gasteiger partial charge is 0.320 e. The summed E-state index contributed by atoms with van der Waals surface area (Å²) in [5, 5.41) is 2.85. The molecule has 3 aromatic rings. The first-order valence-electron chi connectivity index (χ1n) is 9.62. The molecule has 5 heteroatoms. The molecule has 1 atom stereocenters. The third-order valence-electron chi connectivity index (χ3n) is 5.35. The van der Waals surface area contributed by atoms with Gasteiger partial charge in [-0.3, -0.25) is 14.4 Å². The molecule has 2 aromatic carbocycles. The smallest absolute Gasteiger partial charge is 0.293 e. The molecule has 0 bridgehead atoms. The molecule has 4 rings (SSSR count). The molecule has 1 N–H and O–H groups in total. The predicted octanol–water partition coefficient (Wildman–Crippen LogP) is 3.51. The van der Waals surface area contributed by atoms with E-state index in [1.807, 2.05) is 36.0 Å². The Morgan fingerprint density at radius 1 is 0.897 bits per heavy atom. The summed E-state index contributed by atoms with van der Waals surface area (Å²) in [5.74, 6) is -0.578. The van der Waals surface area contributed by atoms with Gasteiger partial charge in [0.2, 0.25) is 6.04 Å². The van der Waals surface area contributed by atoms with Crippen LogP contribution in [0.4, 0.5) is 5.69 Å². The van der Waals surface area contributed by atoms with Crippen LogP contribution in [-0.2, 0) is 11.2 Å². The van der Waals surface area contributed by atoms with E-state index < -0.39 is 6.04 Å². The highest BCUT2D eigenvalue weighted by molar-refractivity contribution is 6.28. The van der Waals surface area contributed by atoms with Crippen molar-refractivity contribution in [3.8, 4) is 0 Å². The number of benzene rings is 2. The summed E-state index contributed by atoms with van der Waals surface area (Å²) in [6, 6.07) is 15.2. The Bertz CT molecular complexity index is 1130. The predicted molar refractivity (Wildman–Crippen MR) is 109 cm³/mol. The van der Waals surface area contributed by atoms with Crippen molar-refractivity contribution in [3.63, 3.8) is 0 Å². The molecule has 29 heavy (non-hydrogen) atoms. The van der Waals surface area contributed by atoms with Gasteiger partial charge in [0.15, 0.2) is 24.0 Å². The number of carbonyl (C=O) groups excluding carboxylic acids is 3. The number of anilines is 1. The molecule has 0 fully saturated rings. The van der Waals surface area contributed by atoms with Gasteiger partial charge < -0.3 is 5.32 Å². The fourth-order valence-electron chi connectivity index (χ4n) is 3.52. The van der Waals surface area contributed by atoms with Gasteiger partial charge in [-0.15, -0.1) is 0 Å². The molecule has 1 amide bonds. The first-order valence-corrected chi connectivity index (χ1v) is 9.62. The molecule has 5 nitrogen and oxygen atoms in total. The van der Waals surface area contributed by atoms with Gasteiger partial charge in [-0.1, -0.05) is 31.2 Å². The third kappa shape index (κ3) is 3.36. The number of aromatic nitrogens is 1. The molecule has 1 aliphatic rings. The van der Waals surface area contributed by atoms with E-state index in [0.717, 1.165) is 6.42 Å². The van der Waals surface area contributed by atoms with Crippen molar-refractivity contribution in [3.05, 3.63) is 94.8 Å². The van der Waals surface area contributed by atoms with Crippen LogP contribution in [0.15, 0.2) is 67.0 Å². The lowest BCUT2D eigenvalue weighted by atomic mass is 9.84. The minimum atomic E-state index is -0.421. The fraction of sp³-hybridized carbons (Fsp3) is 0.167. The van der Waals surface area contributed by atoms with Gasteiger partial charge in [0.25, 0.3) is 5.91 Å². The zero-order valence-corrected chi connectivity index (χ0v) is 16.3. The molecule has 1 aliphatic carbocycles. The van der Waals surface area contributed by atoms with Crippen LogP contribution < -0.4 is 9.88 Å². The van der Waals surface area contributed by atoms with Crippen molar-refractivity contribution in [2.75, 3.05) is 5.32 Å². The van der Waals surface area contributed by atoms with E-state index in [0.29, 0.717) is 27.9 Å². The Kier molecular flexibility index (Phi) is 4.80. The van der Waals surface area contributed by atoms with Gasteiger partial charge in [-0.05, 0) is 30.2 Å². The second-order valence-electron chi connectivity index (χ2n) is 7.14. The number of aryl methyl sites for hydroxylation is 1. The molecule has 0 saturated carbocycles. The van der Waals surface area contributed by atoms with Crippen LogP contribution in [0.2, 0.25) is 0 Å². The van der Waals surface area contributed by atoms with Crippen molar-refractivity contribution in [2.45, 2.75) is 26.3 Å². The highest BCUT2D eigenvalue weighted by Gasteiger charge is 2.30. The van der Waals surface area contributed by atoms with E-state index in [4.69, 9.17) is 0 Å². The van der Waals surface area contributed by atoms with E-state index in [2.05, 4.69) is 12.2 Å². The Morgan fingerprint density at radius 3 is 2.10 bits per heavy atom. The highest BCUT2D eigenvalue weighted by Crippen LogP contribution is 2.29. The van der Waals surface area contributed by atoms with Crippen LogP contribution in [0.25, 0.3) is 0 Å². The maximum absolute atomic E-state index is 12.8. The molecule has 0 spiro atoms. The number of nitrogens with one attached hydrogen (secondary N) is 1. The summed E-state index contributed by atoms with van der Waals surface area (Å²) in [6.45, 7) is 3.89. The van der Waals surface area contributed by atoms with Gasteiger partial charge in [0.05, 0.1) is 0 Å². The summed E-state index contributed by atoms with van der Waals surface area (Å²) < 4.78 is 1.83. The summed E-state index contributed by atoms with van der Waals surface area (Å²) >= 11 is 0. The third-order valence-corrected chi connectivity index (χ3v) is 5.35. The van der Waals surface area contributed by atoms with Crippen LogP contribution in [0.1, 0.15) is 57.3 Å². The SMILES string of the molecule is CCc1cc[n+]([C@@H](C)C(=O)Nc2ccc3c(c2)C(=O)c2ccccc2C3=O)cc1. The monoisotopic (exact) mass is 385 g/mol. The maximum Gasteiger partial charge on any atom is 0.293 e. The van der Waals surface area contributed by atoms with Gasteiger partial charge in [-0.2, -0.15) is 4.57 Å². The first kappa shape index (κ1) is 18.7. The van der Waals surface area contributed by atoms with Gasteiger partial charge >= 0.3 is 0 Å². The second-order valence-corrected chi connectivity index (χ2v) is 7.14. The average Bonchev–Trinajstić information content (AvgIpc) is 2.77. The number of fused-ring (bicyclic) bond motifs is 2. The maximum atomic E-state index is 12.8. The van der Waals surface area contributed by atoms with Crippen molar-refractivity contribution in [2.24, 2.45) is 0 Å². The molecular formula is C24H21N2O3+. The number of rotatable bonds is 4. The number of carbonyl (C=O) groups is 3. The van der Waals surface area contributed by atoms with E-state index in [-0.39, 0.29) is 17.5 Å². The van der Waals surface area contributed by atoms with E-state index in [1.54, 1.807) is 42.5 Å². The van der Waals surface area contributed by atoms with Gasteiger partial charge in [-0.25, -0.2) is 0 Å². The lowest BCUT2D eigenvalue weighted by Crippen LogP contribution is -2.44. The Morgan fingerprint density at radius 2 is 1.48 bits per heavy atom. The molecule has 144 valence electrons. The first-order chi connectivity index (χ1) is 14.0. The number of hydrogen-bond acceptors (Lipinski definition) is 3. The minimum Gasteiger partial charge on any atom is -0.320 e. The lowest BCUT2D eigenvalue weighted by Gasteiger charge is -2.18. The zero-order chi connectivity index (χ0) is 20.5. The standard InChI is InChI=1S/C24H20N2O3/c1-3-16-10-12-26(13-11-16)15(2)24(29)25-17-8-9-20-21(14-17)23(28)19-7-5-4-6-18(19)22(20)27/h4-15H,3H2,1-2H3/p+1/t15-/m0/s1. The van der Waals surface area contributed by atoms with Crippen LogP contribution in [0.5, 0.6) is 0 Å². The summed E-state index contributed by atoms with van der Waals surface area (Å²) in [6.07, 6.45) is 4.70. The Labute approximate surface area is 169 Å². The number of amides is 1. The highest BCUT2D eigenvalue weighted by atomic mass is 16.2. The van der Waals surface area contributed by atoms with Crippen LogP contribution in [0.3, 0.4) is 0 Å². The molecule has 1 aromatic heterocycles. The molecule has 1 heterocycles. The van der Waals surface area contributed by atoms with E-state index in [9.17, 15) is 14.4 Å². The van der Waals surface area contributed by atoms with E-state index >= 15 is 0 Å². The quantitative estimate of drug-likeness (QED) is 0.547. The average molecular weight is 385 g/mol. The van der Waals surface area contributed by atoms with Crippen molar-refractivity contribution < 1.29 is 19.0 Å². The number of hydrogen-bond donors (Lipinski definition) is 1. The number of nitrogens with zero attached hydrogens (tertiary/aromatic N) is 1. The lowest BCUT2D eigenvalue weighted by molar-refractivity contribution is -0.705. The number of ketones is 2. The van der Waals surface area contributed by atoms with Crippen molar-refractivity contribution in [1.82, 2.24) is 0 Å². The molecule has 0 radical (unpaired) electrons. The normalized spacial score (nSPS) is 13.4. The summed E-state index contributed by atoms with van der Waals surface area (Å²) in [4.78, 5) is 38.2. The Balaban J connectivity index is 1.58. The minimum absolute atomic E-state index is 0.173. The van der Waals surface area contributed by atoms with Crippen LogP contribution in [-0.4, -0.2) is 17.5 Å². The van der Waals surface area contributed by atoms with Crippen molar-refractivity contribution in [1.29, 1.82) is 0 Å². The fourth-order valence-corrected chi connectivity index (χ4v) is 3.52. The van der Waals surface area contributed by atoms with Crippen molar-refractivity contribution >= 4 is 23.2 Å². The zero-order valence-electron chi connectivity index (χ0n) is 16.3. The van der Waals surface area contributed by atoms with Crippen LogP contribution in [0, 0.1) is 0 Å². The summed E-state index contributed by atoms with van der Waals surface area (Å²) in [7, 11) is 0. The Hall–Kier alpha value is -3.60. The number of pyridine rings is 1. The molecule has 0 saturated heterocycles. The second kappa shape index (κ2) is 7.43. The summed E-state index contributed by atoms with van der Waals surface area (Å²) in [5.41, 5.74) is 3.19. The van der Waals surface area contributed by atoms with Gasteiger partial charge in [0.1, 0.15) is 0 Å². The van der Waals surface area contributed by atoms with E-state index in [1.165, 1.54) is 5.56 Å². The molecular weight excluding hydrogens is 364 g/mol.